The maximum atomic E-state index is 11.4. The van der Waals surface area contributed by atoms with Crippen LogP contribution in [0.3, 0.4) is 0 Å². The molecule has 0 aromatic rings. The number of aliphatic carboxylic acids is 1. The summed E-state index contributed by atoms with van der Waals surface area (Å²) in [4.78, 5) is 75.3. The van der Waals surface area contributed by atoms with Crippen molar-refractivity contribution in [1.29, 1.82) is 0 Å². The third-order valence-corrected chi connectivity index (χ3v) is 6.40. The summed E-state index contributed by atoms with van der Waals surface area (Å²) in [6.45, 7) is 5.20. The number of amides is 6. The van der Waals surface area contributed by atoms with Gasteiger partial charge in [-0.25, -0.2) is 0 Å². The fourth-order valence-corrected chi connectivity index (χ4v) is 4.16. The second-order valence-corrected chi connectivity index (χ2v) is 10.2. The highest BCUT2D eigenvalue weighted by Gasteiger charge is 2.35. The molecule has 0 aromatic carbocycles. The van der Waals surface area contributed by atoms with Crippen molar-refractivity contribution in [2.45, 2.75) is 76.9 Å². The molecule has 0 bridgehead atoms. The molecule has 1 fully saturated rings. The Kier molecular flexibility index (Phi) is 27.3. The molecular formula is C25H45N5O8S2. The molecule has 0 radical (unpaired) electrons. The Balaban J connectivity index is 0. The van der Waals surface area contributed by atoms with E-state index in [0.717, 1.165) is 37.9 Å². The molecule has 13 nitrogen and oxygen atoms in total. The fourth-order valence-electron chi connectivity index (χ4n) is 3.05. The number of carbonyl (C=O) groups excluding carboxylic acids is 6. The smallest absolute Gasteiger partial charge is 0.303 e. The molecule has 0 aromatic heterocycles. The Morgan fingerprint density at radius 1 is 0.950 bits per heavy atom. The van der Waals surface area contributed by atoms with Crippen molar-refractivity contribution < 1.29 is 38.7 Å². The van der Waals surface area contributed by atoms with Gasteiger partial charge in [0.25, 0.3) is 0 Å². The number of likely N-dealkylation sites (tertiary alicyclic amines) is 1. The molecule has 15 heteroatoms. The largest absolute Gasteiger partial charge is 0.481 e. The van der Waals surface area contributed by atoms with Crippen LogP contribution in [0.25, 0.3) is 0 Å². The number of carbonyl (C=O) groups is 7. The number of hydrogen-bond acceptors (Lipinski definition) is 9. The van der Waals surface area contributed by atoms with Crippen LogP contribution >= 0.6 is 24.4 Å². The number of nitrogens with zero attached hydrogens (tertiary/aromatic N) is 1. The van der Waals surface area contributed by atoms with E-state index in [4.69, 9.17) is 5.11 Å². The van der Waals surface area contributed by atoms with E-state index < -0.39 is 11.2 Å². The standard InChI is InChI=1S/C10H18N2O4S.C10H17NO2S.C5H10N2O2/c13-7-11-6-9(14)12-8-17-5-3-1-2-4-10(15)16;1-2-3-4-5-6-11-9(12)7-8(14)10(11)13;1-2-7-5(9)3-6-4-8/h7H,1-6,8H2,(H,11,13)(H,12,14)(H,15,16);8,14H,2-7H2,1H3;4H,2-3H2,1H3,(H,6,8)(H,7,9). The van der Waals surface area contributed by atoms with E-state index in [2.05, 4.69) is 40.8 Å². The Labute approximate surface area is 246 Å². The fraction of sp³-hybridized carbons (Fsp3) is 0.720. The summed E-state index contributed by atoms with van der Waals surface area (Å²) in [5, 5.41) is 17.7. The Morgan fingerprint density at radius 3 is 2.05 bits per heavy atom. The molecule has 1 saturated heterocycles. The summed E-state index contributed by atoms with van der Waals surface area (Å²) in [6, 6.07) is 0. The van der Waals surface area contributed by atoms with E-state index in [0.29, 0.717) is 38.2 Å². The molecule has 230 valence electrons. The normalized spacial score (nSPS) is 13.7. The molecule has 1 unspecified atom stereocenters. The second-order valence-electron chi connectivity index (χ2n) is 8.47. The maximum Gasteiger partial charge on any atom is 0.303 e. The highest BCUT2D eigenvalue weighted by atomic mass is 32.2. The summed E-state index contributed by atoms with van der Waals surface area (Å²) in [6.07, 6.45) is 8.35. The number of carboxylic acid groups (broad SMARTS) is 1. The van der Waals surface area contributed by atoms with Crippen LogP contribution in [0.15, 0.2) is 0 Å². The van der Waals surface area contributed by atoms with Gasteiger partial charge >= 0.3 is 5.97 Å². The number of unbranched alkanes of at least 4 members (excludes halogenated alkanes) is 5. The van der Waals surface area contributed by atoms with Gasteiger partial charge in [-0.05, 0) is 31.9 Å². The molecular weight excluding hydrogens is 562 g/mol. The minimum Gasteiger partial charge on any atom is -0.481 e. The second kappa shape index (κ2) is 27.7. The van der Waals surface area contributed by atoms with Gasteiger partial charge < -0.3 is 26.4 Å². The van der Waals surface area contributed by atoms with Gasteiger partial charge in [-0.2, -0.15) is 12.6 Å². The average Bonchev–Trinajstić information content (AvgIpc) is 3.16. The third kappa shape index (κ3) is 24.2. The number of rotatable bonds is 20. The van der Waals surface area contributed by atoms with Crippen molar-refractivity contribution in [3.63, 3.8) is 0 Å². The van der Waals surface area contributed by atoms with Gasteiger partial charge in [-0.3, -0.25) is 38.5 Å². The molecule has 0 spiro atoms. The number of nitrogens with one attached hydrogen (secondary N) is 4. The summed E-state index contributed by atoms with van der Waals surface area (Å²) >= 11 is 5.64. The zero-order valence-electron chi connectivity index (χ0n) is 23.4. The molecule has 40 heavy (non-hydrogen) atoms. The van der Waals surface area contributed by atoms with Crippen molar-refractivity contribution in [3.05, 3.63) is 0 Å². The van der Waals surface area contributed by atoms with Gasteiger partial charge in [0.05, 0.1) is 24.2 Å². The lowest BCUT2D eigenvalue weighted by Crippen LogP contribution is -2.32. The predicted molar refractivity (Wildman–Crippen MR) is 157 cm³/mol. The molecule has 0 aliphatic carbocycles. The van der Waals surface area contributed by atoms with E-state index in [-0.39, 0.29) is 49.6 Å². The number of imide groups is 1. The van der Waals surface area contributed by atoms with Crippen molar-refractivity contribution in [1.82, 2.24) is 26.2 Å². The van der Waals surface area contributed by atoms with E-state index in [9.17, 15) is 33.6 Å². The van der Waals surface area contributed by atoms with Crippen LogP contribution in [-0.4, -0.2) is 95.5 Å². The molecule has 5 N–H and O–H groups in total. The van der Waals surface area contributed by atoms with Gasteiger partial charge in [0.1, 0.15) is 0 Å². The first-order valence-electron chi connectivity index (χ1n) is 13.3. The van der Waals surface area contributed by atoms with Gasteiger partial charge in [-0.15, -0.1) is 11.8 Å². The van der Waals surface area contributed by atoms with Crippen molar-refractivity contribution in [2.75, 3.05) is 37.8 Å². The minimum absolute atomic E-state index is 0.00265. The molecule has 1 aliphatic rings. The predicted octanol–water partition coefficient (Wildman–Crippen LogP) is 0.677. The number of hydrogen-bond donors (Lipinski definition) is 6. The van der Waals surface area contributed by atoms with Crippen LogP contribution in [0.5, 0.6) is 0 Å². The van der Waals surface area contributed by atoms with Gasteiger partial charge in [0, 0.05) is 25.9 Å². The summed E-state index contributed by atoms with van der Waals surface area (Å²) in [5.74, 6) is 0.0910. The monoisotopic (exact) mass is 607 g/mol. The first kappa shape index (κ1) is 39.3. The van der Waals surface area contributed by atoms with Gasteiger partial charge in [-0.1, -0.05) is 32.6 Å². The highest BCUT2D eigenvalue weighted by molar-refractivity contribution is 7.99. The Bertz CT molecular complexity index is 773. The SMILES string of the molecule is CCCCCCN1C(=O)CC(S)C1=O.CCNC(=O)CNC=O.O=CNCC(=O)NCSCCCCCC(=O)O. The minimum atomic E-state index is -0.757. The van der Waals surface area contributed by atoms with Crippen LogP contribution in [0, 0.1) is 0 Å². The number of carboxylic acids is 1. The lowest BCUT2D eigenvalue weighted by atomic mass is 10.2. The van der Waals surface area contributed by atoms with E-state index in [1.807, 2.05) is 6.92 Å². The third-order valence-electron chi connectivity index (χ3n) is 5.07. The molecule has 1 heterocycles. The maximum absolute atomic E-state index is 11.4. The average molecular weight is 608 g/mol. The van der Waals surface area contributed by atoms with E-state index >= 15 is 0 Å². The highest BCUT2D eigenvalue weighted by Crippen LogP contribution is 2.18. The van der Waals surface area contributed by atoms with Gasteiger partial charge in [0.2, 0.25) is 36.4 Å². The van der Waals surface area contributed by atoms with E-state index in [1.165, 1.54) is 11.3 Å². The lowest BCUT2D eigenvalue weighted by molar-refractivity contribution is -0.139. The summed E-state index contributed by atoms with van der Waals surface area (Å²) in [7, 11) is 0. The molecule has 1 rings (SSSR count). The molecule has 0 saturated carbocycles. The lowest BCUT2D eigenvalue weighted by Gasteiger charge is -2.13. The number of likely N-dealkylation sites (N-methyl/N-ethyl adjacent to an activating group) is 1. The van der Waals surface area contributed by atoms with Crippen molar-refractivity contribution in [2.24, 2.45) is 0 Å². The Hall–Kier alpha value is -2.81. The van der Waals surface area contributed by atoms with Gasteiger partial charge in [0.15, 0.2) is 0 Å². The molecule has 1 atom stereocenters. The quantitative estimate of drug-likeness (QED) is 0.0380. The van der Waals surface area contributed by atoms with Crippen LogP contribution in [0.1, 0.15) is 71.6 Å². The Morgan fingerprint density at radius 2 is 1.55 bits per heavy atom. The van der Waals surface area contributed by atoms with Crippen molar-refractivity contribution >= 4 is 66.8 Å². The number of thioether (sulfide) groups is 1. The van der Waals surface area contributed by atoms with Crippen LogP contribution < -0.4 is 21.3 Å². The molecule has 6 amide bonds. The van der Waals surface area contributed by atoms with Crippen LogP contribution in [0.4, 0.5) is 0 Å². The van der Waals surface area contributed by atoms with Crippen LogP contribution in [0.2, 0.25) is 0 Å². The van der Waals surface area contributed by atoms with Crippen molar-refractivity contribution in [3.8, 4) is 0 Å². The van der Waals surface area contributed by atoms with Crippen LogP contribution in [-0.2, 0) is 33.6 Å². The zero-order chi connectivity index (χ0) is 30.6. The summed E-state index contributed by atoms with van der Waals surface area (Å²) < 4.78 is 0. The molecule has 1 aliphatic heterocycles. The zero-order valence-corrected chi connectivity index (χ0v) is 25.2. The topological polar surface area (TPSA) is 191 Å². The summed E-state index contributed by atoms with van der Waals surface area (Å²) in [5.41, 5.74) is 0. The first-order chi connectivity index (χ1) is 19.1. The van der Waals surface area contributed by atoms with E-state index in [1.54, 1.807) is 11.8 Å². The first-order valence-corrected chi connectivity index (χ1v) is 15.0. The number of thiol groups is 1.